The van der Waals surface area contributed by atoms with Gasteiger partial charge in [0, 0.05) is 16.9 Å². The third-order valence-corrected chi connectivity index (χ3v) is 6.37. The molecular formula is C11H12BrCl2NO3S. The molecule has 0 radical (unpaired) electrons. The number of ether oxygens (including phenoxy) is 1. The maximum Gasteiger partial charge on any atom is 0.243 e. The Labute approximate surface area is 130 Å². The summed E-state index contributed by atoms with van der Waals surface area (Å²) >= 11 is 14.9. The van der Waals surface area contributed by atoms with Crippen LogP contribution in [0.25, 0.3) is 0 Å². The molecule has 2 rings (SSSR count). The van der Waals surface area contributed by atoms with Crippen molar-refractivity contribution < 1.29 is 13.2 Å². The highest BCUT2D eigenvalue weighted by Crippen LogP contribution is 2.28. The van der Waals surface area contributed by atoms with E-state index in [1.165, 1.54) is 16.4 Å². The van der Waals surface area contributed by atoms with E-state index in [-0.39, 0.29) is 16.8 Å². The van der Waals surface area contributed by atoms with E-state index in [9.17, 15) is 8.42 Å². The van der Waals surface area contributed by atoms with Crippen LogP contribution in [0.5, 0.6) is 0 Å². The normalized spacial score (nSPS) is 21.5. The van der Waals surface area contributed by atoms with Crippen LogP contribution in [0.1, 0.15) is 0 Å². The second-order valence-electron chi connectivity index (χ2n) is 4.07. The topological polar surface area (TPSA) is 46.6 Å². The van der Waals surface area contributed by atoms with Crippen molar-refractivity contribution in [2.75, 3.05) is 25.6 Å². The maximum atomic E-state index is 12.6. The first-order valence-electron chi connectivity index (χ1n) is 5.57. The highest BCUT2D eigenvalue weighted by atomic mass is 79.9. The monoisotopic (exact) mass is 387 g/mol. The van der Waals surface area contributed by atoms with Gasteiger partial charge in [-0.1, -0.05) is 11.6 Å². The van der Waals surface area contributed by atoms with Gasteiger partial charge in [-0.3, -0.25) is 0 Å². The maximum absolute atomic E-state index is 12.6. The minimum Gasteiger partial charge on any atom is -0.378 e. The van der Waals surface area contributed by atoms with Crippen LogP contribution in [0, 0.1) is 0 Å². The van der Waals surface area contributed by atoms with E-state index in [2.05, 4.69) is 15.9 Å². The van der Waals surface area contributed by atoms with Crippen LogP contribution in [0.2, 0.25) is 5.02 Å². The lowest BCUT2D eigenvalue weighted by molar-refractivity contribution is 0.0404. The van der Waals surface area contributed by atoms with Crippen LogP contribution in [0.3, 0.4) is 0 Å². The average molecular weight is 389 g/mol. The standard InChI is InChI=1S/C11H12BrCl2NO3S/c12-10-5-9(1-2-11(10)14)19(16,17)15-3-4-18-7-8(15)6-13/h1-2,5,8H,3-4,6-7H2. The summed E-state index contributed by atoms with van der Waals surface area (Å²) in [7, 11) is -3.58. The molecule has 1 aromatic carbocycles. The van der Waals surface area contributed by atoms with Gasteiger partial charge in [-0.2, -0.15) is 4.31 Å². The summed E-state index contributed by atoms with van der Waals surface area (Å²) in [5.41, 5.74) is 0. The van der Waals surface area contributed by atoms with Crippen LogP contribution >= 0.6 is 39.1 Å². The number of benzene rings is 1. The predicted molar refractivity (Wildman–Crippen MR) is 78.4 cm³/mol. The van der Waals surface area contributed by atoms with E-state index in [4.69, 9.17) is 27.9 Å². The summed E-state index contributed by atoms with van der Waals surface area (Å²) in [4.78, 5) is 0.195. The molecule has 0 N–H and O–H groups in total. The Morgan fingerprint density at radius 1 is 1.47 bits per heavy atom. The molecular weight excluding hydrogens is 377 g/mol. The van der Waals surface area contributed by atoms with Gasteiger partial charge < -0.3 is 4.74 Å². The van der Waals surface area contributed by atoms with Crippen molar-refractivity contribution in [2.24, 2.45) is 0 Å². The van der Waals surface area contributed by atoms with Gasteiger partial charge in [0.15, 0.2) is 0 Å². The molecule has 0 aromatic heterocycles. The molecule has 0 aliphatic carbocycles. The number of hydrogen-bond acceptors (Lipinski definition) is 3. The van der Waals surface area contributed by atoms with Crippen molar-refractivity contribution in [1.82, 2.24) is 4.31 Å². The molecule has 0 saturated carbocycles. The lowest BCUT2D eigenvalue weighted by atomic mass is 10.3. The number of hydrogen-bond donors (Lipinski definition) is 0. The summed E-state index contributed by atoms with van der Waals surface area (Å²) < 4.78 is 32.3. The van der Waals surface area contributed by atoms with E-state index in [1.807, 2.05) is 0 Å². The third kappa shape index (κ3) is 3.25. The molecule has 1 aromatic rings. The van der Waals surface area contributed by atoms with Crippen LogP contribution in [0.15, 0.2) is 27.6 Å². The fourth-order valence-electron chi connectivity index (χ4n) is 1.85. The Hall–Kier alpha value is 0.150. The predicted octanol–water partition coefficient (Wildman–Crippen LogP) is 2.73. The molecule has 1 aliphatic rings. The lowest BCUT2D eigenvalue weighted by Gasteiger charge is -2.33. The largest absolute Gasteiger partial charge is 0.378 e. The zero-order valence-electron chi connectivity index (χ0n) is 9.85. The van der Waals surface area contributed by atoms with Crippen molar-refractivity contribution in [1.29, 1.82) is 0 Å². The number of halogens is 3. The van der Waals surface area contributed by atoms with Crippen molar-refractivity contribution in [3.05, 3.63) is 27.7 Å². The summed E-state index contributed by atoms with van der Waals surface area (Å²) in [5.74, 6) is 0.202. The molecule has 19 heavy (non-hydrogen) atoms. The van der Waals surface area contributed by atoms with E-state index < -0.39 is 10.0 Å². The van der Waals surface area contributed by atoms with Gasteiger partial charge >= 0.3 is 0 Å². The zero-order chi connectivity index (χ0) is 14.0. The summed E-state index contributed by atoms with van der Waals surface area (Å²) in [6.07, 6.45) is 0. The first kappa shape index (κ1) is 15.5. The Bertz CT molecular complexity index is 567. The van der Waals surface area contributed by atoms with Gasteiger partial charge in [0.25, 0.3) is 0 Å². The molecule has 1 saturated heterocycles. The third-order valence-electron chi connectivity index (χ3n) is 2.85. The van der Waals surface area contributed by atoms with Crippen LogP contribution in [-0.4, -0.2) is 44.4 Å². The number of rotatable bonds is 3. The van der Waals surface area contributed by atoms with E-state index in [0.29, 0.717) is 29.3 Å². The average Bonchev–Trinajstić information content (AvgIpc) is 2.41. The highest BCUT2D eigenvalue weighted by Gasteiger charge is 2.33. The van der Waals surface area contributed by atoms with Crippen LogP contribution in [-0.2, 0) is 14.8 Å². The van der Waals surface area contributed by atoms with Crippen molar-refractivity contribution in [2.45, 2.75) is 10.9 Å². The summed E-state index contributed by atoms with van der Waals surface area (Å²) in [6, 6.07) is 4.20. The van der Waals surface area contributed by atoms with Gasteiger partial charge in [0.1, 0.15) is 0 Å². The second-order valence-corrected chi connectivity index (χ2v) is 7.54. The van der Waals surface area contributed by atoms with Gasteiger partial charge in [-0.05, 0) is 34.1 Å². The molecule has 0 bridgehead atoms. The number of alkyl halides is 1. The SMILES string of the molecule is O=S(=O)(c1ccc(Cl)c(Br)c1)N1CCOCC1CCl. The molecule has 4 nitrogen and oxygen atoms in total. The summed E-state index contributed by atoms with van der Waals surface area (Å²) in [6.45, 7) is 0.999. The fraction of sp³-hybridized carbons (Fsp3) is 0.455. The molecule has 1 atom stereocenters. The first-order chi connectivity index (χ1) is 8.96. The Morgan fingerprint density at radius 2 is 2.21 bits per heavy atom. The Balaban J connectivity index is 2.37. The number of sulfonamides is 1. The number of nitrogens with zero attached hydrogens (tertiary/aromatic N) is 1. The Kier molecular flexibility index (Phi) is 5.14. The van der Waals surface area contributed by atoms with E-state index in [1.54, 1.807) is 6.07 Å². The van der Waals surface area contributed by atoms with Crippen molar-refractivity contribution in [3.8, 4) is 0 Å². The number of morpholine rings is 1. The molecule has 1 unspecified atom stereocenters. The van der Waals surface area contributed by atoms with E-state index >= 15 is 0 Å². The minimum absolute atomic E-state index is 0.195. The van der Waals surface area contributed by atoms with Gasteiger partial charge in [0.2, 0.25) is 10.0 Å². The molecule has 106 valence electrons. The smallest absolute Gasteiger partial charge is 0.243 e. The van der Waals surface area contributed by atoms with Crippen LogP contribution in [0.4, 0.5) is 0 Å². The highest BCUT2D eigenvalue weighted by molar-refractivity contribution is 9.10. The van der Waals surface area contributed by atoms with Gasteiger partial charge in [-0.25, -0.2) is 8.42 Å². The van der Waals surface area contributed by atoms with Gasteiger partial charge in [-0.15, -0.1) is 11.6 Å². The molecule has 0 amide bonds. The molecule has 1 aliphatic heterocycles. The molecule has 1 heterocycles. The minimum atomic E-state index is -3.58. The quantitative estimate of drug-likeness (QED) is 0.748. The fourth-order valence-corrected chi connectivity index (χ4v) is 4.46. The Morgan fingerprint density at radius 3 is 2.84 bits per heavy atom. The molecule has 0 spiro atoms. The lowest BCUT2D eigenvalue weighted by Crippen LogP contribution is -2.49. The van der Waals surface area contributed by atoms with Crippen molar-refractivity contribution in [3.63, 3.8) is 0 Å². The second kappa shape index (κ2) is 6.28. The molecule has 1 fully saturated rings. The van der Waals surface area contributed by atoms with E-state index in [0.717, 1.165) is 0 Å². The first-order valence-corrected chi connectivity index (χ1v) is 8.72. The molecule has 8 heteroatoms. The van der Waals surface area contributed by atoms with Crippen LogP contribution < -0.4 is 0 Å². The zero-order valence-corrected chi connectivity index (χ0v) is 13.8. The summed E-state index contributed by atoms with van der Waals surface area (Å²) in [5, 5.41) is 0.467. The van der Waals surface area contributed by atoms with Crippen molar-refractivity contribution >= 4 is 49.2 Å². The van der Waals surface area contributed by atoms with Gasteiger partial charge in [0.05, 0.1) is 29.2 Å².